The predicted octanol–water partition coefficient (Wildman–Crippen LogP) is 2.57. The molecule has 3 heterocycles. The van der Waals surface area contributed by atoms with E-state index in [0.29, 0.717) is 25.3 Å². The van der Waals surface area contributed by atoms with Crippen molar-refractivity contribution in [2.75, 3.05) is 38.1 Å². The molecule has 2 fully saturated rings. The maximum atomic E-state index is 13.8. The monoisotopic (exact) mass is 399 g/mol. The average Bonchev–Trinajstić information content (AvgIpc) is 3.18. The number of carbonyl (C=O) groups excluding carboxylic acids is 2. The fraction of sp³-hybridized carbons (Fsp3) is 0.476. The molecule has 2 aliphatic rings. The number of hydrogen-bond acceptors (Lipinski definition) is 4. The Balaban J connectivity index is 1.29. The van der Waals surface area contributed by atoms with Crippen LogP contribution in [0, 0.1) is 11.2 Å². The lowest BCUT2D eigenvalue weighted by Gasteiger charge is -2.54. The lowest BCUT2D eigenvalue weighted by molar-refractivity contribution is -0.116. The molecule has 1 spiro atoms. The Labute approximate surface area is 169 Å². The molecule has 2 amide bonds. The van der Waals surface area contributed by atoms with Crippen LogP contribution in [0.4, 0.5) is 14.9 Å². The minimum absolute atomic E-state index is 0.109. The van der Waals surface area contributed by atoms with Gasteiger partial charge in [0.2, 0.25) is 5.91 Å². The van der Waals surface area contributed by atoms with E-state index in [4.69, 9.17) is 0 Å². The van der Waals surface area contributed by atoms with Crippen LogP contribution in [0.5, 0.6) is 0 Å². The van der Waals surface area contributed by atoms with Crippen LogP contribution in [0.3, 0.4) is 0 Å². The van der Waals surface area contributed by atoms with E-state index >= 15 is 0 Å². The molecular weight excluding hydrogens is 373 g/mol. The molecule has 7 nitrogen and oxygen atoms in total. The normalized spacial score (nSPS) is 18.5. The summed E-state index contributed by atoms with van der Waals surface area (Å²) in [6.45, 7) is 5.36. The summed E-state index contributed by atoms with van der Waals surface area (Å²) in [5, 5.41) is 4.12. The summed E-state index contributed by atoms with van der Waals surface area (Å²) in [4.78, 5) is 29.7. The summed E-state index contributed by atoms with van der Waals surface area (Å²) in [6.07, 6.45) is 4.99. The van der Waals surface area contributed by atoms with E-state index in [1.165, 1.54) is 28.8 Å². The summed E-state index contributed by atoms with van der Waals surface area (Å²) in [5.41, 5.74) is 1.56. The number of nitrogens with zero attached hydrogens (tertiary/aromatic N) is 5. The van der Waals surface area contributed by atoms with Gasteiger partial charge in [0.15, 0.2) is 0 Å². The van der Waals surface area contributed by atoms with Crippen molar-refractivity contribution in [3.63, 3.8) is 0 Å². The molecule has 0 radical (unpaired) electrons. The first-order chi connectivity index (χ1) is 13.9. The smallest absolute Gasteiger partial charge is 0.323 e. The van der Waals surface area contributed by atoms with Crippen LogP contribution < -0.4 is 4.90 Å². The Hall–Kier alpha value is -2.74. The van der Waals surface area contributed by atoms with E-state index < -0.39 is 0 Å². The molecular formula is C21H26FN5O2. The lowest BCUT2D eigenvalue weighted by Crippen LogP contribution is -2.60. The zero-order valence-electron chi connectivity index (χ0n) is 16.8. The van der Waals surface area contributed by atoms with Crippen molar-refractivity contribution in [3.8, 4) is 0 Å². The van der Waals surface area contributed by atoms with Crippen molar-refractivity contribution >= 4 is 17.6 Å². The van der Waals surface area contributed by atoms with Gasteiger partial charge < -0.3 is 9.80 Å². The second-order valence-electron chi connectivity index (χ2n) is 8.23. The molecule has 1 aromatic carbocycles. The third-order valence-corrected chi connectivity index (χ3v) is 6.19. The molecule has 0 aliphatic carbocycles. The van der Waals surface area contributed by atoms with E-state index in [0.717, 1.165) is 31.5 Å². The first kappa shape index (κ1) is 19.6. The summed E-state index contributed by atoms with van der Waals surface area (Å²) < 4.78 is 15.1. The van der Waals surface area contributed by atoms with Crippen molar-refractivity contribution in [2.45, 2.75) is 26.3 Å². The van der Waals surface area contributed by atoms with E-state index in [-0.39, 0.29) is 23.2 Å². The number of carbonyl (C=O) groups is 2. The van der Waals surface area contributed by atoms with Gasteiger partial charge in [0.25, 0.3) is 0 Å². The highest BCUT2D eigenvalue weighted by Gasteiger charge is 2.45. The van der Waals surface area contributed by atoms with Crippen LogP contribution in [-0.2, 0) is 11.3 Å². The fourth-order valence-electron chi connectivity index (χ4n) is 4.29. The van der Waals surface area contributed by atoms with Crippen molar-refractivity contribution in [2.24, 2.45) is 5.41 Å². The highest BCUT2D eigenvalue weighted by molar-refractivity contribution is 5.91. The zero-order valence-corrected chi connectivity index (χ0v) is 16.8. The second kappa shape index (κ2) is 7.59. The standard InChI is InChI=1S/C21H26FN5O2/c1-16(28)24(2)18-11-23-27(13-18)20(29)26-9-7-21(8-10-26)14-25(15-21)12-17-5-3-4-6-19(17)22/h3-6,11,13H,7-10,12,14-15H2,1-2H3. The van der Waals surface area contributed by atoms with Crippen molar-refractivity contribution in [3.05, 3.63) is 48.0 Å². The van der Waals surface area contributed by atoms with Gasteiger partial charge in [-0.15, -0.1) is 0 Å². The first-order valence-corrected chi connectivity index (χ1v) is 9.91. The van der Waals surface area contributed by atoms with E-state index in [1.54, 1.807) is 19.3 Å². The average molecular weight is 399 g/mol. The molecule has 0 N–H and O–H groups in total. The maximum Gasteiger partial charge on any atom is 0.344 e. The second-order valence-corrected chi connectivity index (χ2v) is 8.23. The molecule has 4 rings (SSSR count). The highest BCUT2D eigenvalue weighted by Crippen LogP contribution is 2.41. The molecule has 2 aromatic rings. The molecule has 2 saturated heterocycles. The van der Waals surface area contributed by atoms with Crippen LogP contribution in [-0.4, -0.2) is 64.7 Å². The Morgan fingerprint density at radius 3 is 2.55 bits per heavy atom. The first-order valence-electron chi connectivity index (χ1n) is 9.91. The van der Waals surface area contributed by atoms with E-state index in [9.17, 15) is 14.0 Å². The van der Waals surface area contributed by atoms with Gasteiger partial charge in [-0.25, -0.2) is 9.18 Å². The number of amides is 2. The van der Waals surface area contributed by atoms with Gasteiger partial charge in [0.1, 0.15) is 5.82 Å². The Bertz CT molecular complexity index is 911. The molecule has 8 heteroatoms. The number of hydrogen-bond donors (Lipinski definition) is 0. The number of anilines is 1. The SMILES string of the molecule is CC(=O)N(C)c1cnn(C(=O)N2CCC3(CC2)CN(Cc2ccccc2F)C3)c1. The topological polar surface area (TPSA) is 61.7 Å². The van der Waals surface area contributed by atoms with Crippen LogP contribution >= 0.6 is 0 Å². The predicted molar refractivity (Wildman–Crippen MR) is 107 cm³/mol. The van der Waals surface area contributed by atoms with Gasteiger partial charge in [-0.3, -0.25) is 9.69 Å². The van der Waals surface area contributed by atoms with Gasteiger partial charge in [0.05, 0.1) is 18.1 Å². The van der Waals surface area contributed by atoms with Crippen LogP contribution in [0.15, 0.2) is 36.7 Å². The van der Waals surface area contributed by atoms with Gasteiger partial charge in [0, 0.05) is 52.3 Å². The minimum atomic E-state index is -0.161. The number of likely N-dealkylation sites (tertiary alicyclic amines) is 2. The number of aromatic nitrogens is 2. The summed E-state index contributed by atoms with van der Waals surface area (Å²) in [7, 11) is 1.66. The fourth-order valence-corrected chi connectivity index (χ4v) is 4.29. The molecule has 2 aliphatic heterocycles. The molecule has 0 saturated carbocycles. The molecule has 1 aromatic heterocycles. The van der Waals surface area contributed by atoms with Crippen molar-refractivity contribution in [1.82, 2.24) is 19.6 Å². The third-order valence-electron chi connectivity index (χ3n) is 6.19. The third kappa shape index (κ3) is 3.89. The van der Waals surface area contributed by atoms with Crippen LogP contribution in [0.25, 0.3) is 0 Å². The molecule has 0 bridgehead atoms. The summed E-state index contributed by atoms with van der Waals surface area (Å²) >= 11 is 0. The van der Waals surface area contributed by atoms with E-state index in [1.807, 2.05) is 17.0 Å². The van der Waals surface area contributed by atoms with E-state index in [2.05, 4.69) is 10.00 Å². The molecule has 0 unspecified atom stereocenters. The Morgan fingerprint density at radius 2 is 1.90 bits per heavy atom. The largest absolute Gasteiger partial charge is 0.344 e. The minimum Gasteiger partial charge on any atom is -0.323 e. The Kier molecular flexibility index (Phi) is 5.12. The number of benzene rings is 1. The maximum absolute atomic E-state index is 13.8. The lowest BCUT2D eigenvalue weighted by atomic mass is 9.72. The van der Waals surface area contributed by atoms with Gasteiger partial charge >= 0.3 is 6.03 Å². The highest BCUT2D eigenvalue weighted by atomic mass is 19.1. The van der Waals surface area contributed by atoms with Crippen LogP contribution in [0.1, 0.15) is 25.3 Å². The quantitative estimate of drug-likeness (QED) is 0.796. The van der Waals surface area contributed by atoms with Crippen LogP contribution in [0.2, 0.25) is 0 Å². The number of halogens is 1. The van der Waals surface area contributed by atoms with Crippen molar-refractivity contribution < 1.29 is 14.0 Å². The van der Waals surface area contributed by atoms with Gasteiger partial charge in [-0.05, 0) is 24.3 Å². The molecule has 0 atom stereocenters. The summed E-state index contributed by atoms with van der Waals surface area (Å²) in [6, 6.07) is 6.76. The zero-order chi connectivity index (χ0) is 20.6. The van der Waals surface area contributed by atoms with Gasteiger partial charge in [-0.1, -0.05) is 18.2 Å². The molecule has 29 heavy (non-hydrogen) atoms. The summed E-state index contributed by atoms with van der Waals surface area (Å²) in [5.74, 6) is -0.260. The van der Waals surface area contributed by atoms with Gasteiger partial charge in [-0.2, -0.15) is 9.78 Å². The molecule has 154 valence electrons. The van der Waals surface area contributed by atoms with Crippen molar-refractivity contribution in [1.29, 1.82) is 0 Å². The number of piperidine rings is 1. The Morgan fingerprint density at radius 1 is 1.21 bits per heavy atom. The number of rotatable bonds is 3.